The number of nitrogens with two attached hydrogens (primary N) is 1. The maximum absolute atomic E-state index is 14.1. The third-order valence-corrected chi connectivity index (χ3v) is 6.12. The van der Waals surface area contributed by atoms with Crippen molar-refractivity contribution in [2.24, 2.45) is 5.92 Å². The Morgan fingerprint density at radius 1 is 1.39 bits per heavy atom. The van der Waals surface area contributed by atoms with E-state index in [9.17, 15) is 18.7 Å². The molecule has 2 heterocycles. The molecule has 1 aliphatic rings. The van der Waals surface area contributed by atoms with Crippen molar-refractivity contribution < 1.29 is 18.7 Å². The van der Waals surface area contributed by atoms with Crippen molar-refractivity contribution >= 4 is 28.4 Å². The quantitative estimate of drug-likeness (QED) is 0.619. The van der Waals surface area contributed by atoms with Crippen LogP contribution in [0, 0.1) is 17.6 Å². The van der Waals surface area contributed by atoms with Crippen LogP contribution >= 0.6 is 0 Å². The third-order valence-electron chi connectivity index (χ3n) is 6.12. The largest absolute Gasteiger partial charge is 0.390 e. The zero-order chi connectivity index (χ0) is 22.5. The summed E-state index contributed by atoms with van der Waals surface area (Å²) in [5.74, 6) is -1.13. The molecule has 0 aliphatic heterocycles. The number of aryl methyl sites for hydroxylation is 1. The Kier molecular flexibility index (Phi) is 5.28. The Morgan fingerprint density at radius 3 is 2.77 bits per heavy atom. The van der Waals surface area contributed by atoms with E-state index in [1.54, 1.807) is 18.9 Å². The number of anilines is 1. The number of amides is 1. The third kappa shape index (κ3) is 4.04. The summed E-state index contributed by atoms with van der Waals surface area (Å²) < 4.78 is 29.0. The standard InChI is InChI=1S/C21H26F2N6O2/c1-11(28(3)19(30)12-9-21(2,31)10-12)5-4-6-16-25-18-14-7-13(22)8-15(23)17(14)26-20(24)29(18)27-16/h7-8,11-12,31H,4-6,9-10H2,1-3H3,(H2,24,26)/t11-,12?,21?/m0/s1. The van der Waals surface area contributed by atoms with E-state index in [0.717, 1.165) is 12.5 Å². The summed E-state index contributed by atoms with van der Waals surface area (Å²) in [5, 5.41) is 14.4. The van der Waals surface area contributed by atoms with Gasteiger partial charge >= 0.3 is 0 Å². The fraction of sp³-hybridized carbons (Fsp3) is 0.524. The molecule has 3 N–H and O–H groups in total. The summed E-state index contributed by atoms with van der Waals surface area (Å²) in [7, 11) is 1.78. The van der Waals surface area contributed by atoms with Crippen LogP contribution in [0.5, 0.6) is 0 Å². The summed E-state index contributed by atoms with van der Waals surface area (Å²) in [6.07, 6.45) is 2.97. The van der Waals surface area contributed by atoms with Crippen LogP contribution in [0.3, 0.4) is 0 Å². The highest BCUT2D eigenvalue weighted by atomic mass is 19.1. The van der Waals surface area contributed by atoms with Gasteiger partial charge in [-0.3, -0.25) is 4.79 Å². The lowest BCUT2D eigenvalue weighted by Crippen LogP contribution is -2.50. The highest BCUT2D eigenvalue weighted by molar-refractivity contribution is 5.92. The first-order chi connectivity index (χ1) is 14.6. The van der Waals surface area contributed by atoms with E-state index in [1.807, 2.05) is 6.92 Å². The first kappa shape index (κ1) is 21.4. The van der Waals surface area contributed by atoms with E-state index in [2.05, 4.69) is 15.1 Å². The Labute approximate surface area is 178 Å². The molecule has 0 radical (unpaired) electrons. The topological polar surface area (TPSA) is 110 Å². The van der Waals surface area contributed by atoms with Gasteiger partial charge in [-0.1, -0.05) is 0 Å². The minimum absolute atomic E-state index is 0.0193. The van der Waals surface area contributed by atoms with Gasteiger partial charge in [-0.25, -0.2) is 18.7 Å². The number of aliphatic hydroxyl groups is 1. The summed E-state index contributed by atoms with van der Waals surface area (Å²) >= 11 is 0. The molecule has 10 heteroatoms. The number of carbonyl (C=O) groups excluding carboxylic acids is 1. The van der Waals surface area contributed by atoms with Gasteiger partial charge in [0.1, 0.15) is 11.3 Å². The Balaban J connectivity index is 1.43. The molecule has 1 aromatic carbocycles. The van der Waals surface area contributed by atoms with Crippen LogP contribution in [0.15, 0.2) is 12.1 Å². The zero-order valence-corrected chi connectivity index (χ0v) is 17.8. The van der Waals surface area contributed by atoms with E-state index in [1.165, 1.54) is 10.6 Å². The second-order valence-electron chi connectivity index (χ2n) is 8.81. The van der Waals surface area contributed by atoms with Gasteiger partial charge in [0.25, 0.3) is 0 Å². The zero-order valence-electron chi connectivity index (χ0n) is 17.8. The monoisotopic (exact) mass is 432 g/mol. The number of rotatable bonds is 6. The van der Waals surface area contributed by atoms with Gasteiger partial charge in [0.15, 0.2) is 17.3 Å². The van der Waals surface area contributed by atoms with E-state index >= 15 is 0 Å². The number of nitrogens with zero attached hydrogens (tertiary/aromatic N) is 5. The van der Waals surface area contributed by atoms with Gasteiger partial charge in [-0.15, -0.1) is 5.10 Å². The summed E-state index contributed by atoms with van der Waals surface area (Å²) in [6, 6.07) is 1.94. The van der Waals surface area contributed by atoms with E-state index < -0.39 is 17.2 Å². The highest BCUT2D eigenvalue weighted by Crippen LogP contribution is 2.38. The first-order valence-electron chi connectivity index (χ1n) is 10.3. The van der Waals surface area contributed by atoms with Crippen LogP contribution < -0.4 is 5.73 Å². The molecular formula is C21H26F2N6O2. The maximum atomic E-state index is 14.1. The number of benzene rings is 1. The van der Waals surface area contributed by atoms with Crippen LogP contribution in [0.1, 0.15) is 45.4 Å². The molecule has 1 aliphatic carbocycles. The van der Waals surface area contributed by atoms with Crippen LogP contribution in [-0.4, -0.2) is 54.2 Å². The summed E-state index contributed by atoms with van der Waals surface area (Å²) in [5.41, 5.74) is 5.37. The number of aromatic nitrogens is 4. The second kappa shape index (κ2) is 7.67. The number of hydrogen-bond donors (Lipinski definition) is 2. The molecule has 3 aromatic rings. The lowest BCUT2D eigenvalue weighted by molar-refractivity contribution is -0.150. The minimum atomic E-state index is -0.803. The molecule has 166 valence electrons. The molecule has 0 spiro atoms. The molecule has 0 saturated heterocycles. The minimum Gasteiger partial charge on any atom is -0.390 e. The van der Waals surface area contributed by atoms with E-state index in [-0.39, 0.29) is 40.4 Å². The van der Waals surface area contributed by atoms with Crippen LogP contribution in [0.25, 0.3) is 16.6 Å². The van der Waals surface area contributed by atoms with Crippen molar-refractivity contribution in [2.45, 2.75) is 57.6 Å². The smallest absolute Gasteiger partial charge is 0.225 e. The van der Waals surface area contributed by atoms with Crippen molar-refractivity contribution in [2.75, 3.05) is 12.8 Å². The lowest BCUT2D eigenvalue weighted by Gasteiger charge is -2.42. The predicted octanol–water partition coefficient (Wildman–Crippen LogP) is 2.47. The number of fused-ring (bicyclic) bond motifs is 3. The average molecular weight is 432 g/mol. The molecular weight excluding hydrogens is 406 g/mol. The van der Waals surface area contributed by atoms with Crippen LogP contribution in [0.4, 0.5) is 14.7 Å². The van der Waals surface area contributed by atoms with Crippen LogP contribution in [-0.2, 0) is 11.2 Å². The molecule has 1 saturated carbocycles. The van der Waals surface area contributed by atoms with Gasteiger partial charge in [-0.05, 0) is 45.6 Å². The van der Waals surface area contributed by atoms with Crippen molar-refractivity contribution in [3.05, 3.63) is 29.6 Å². The van der Waals surface area contributed by atoms with E-state index in [4.69, 9.17) is 5.73 Å². The fourth-order valence-electron chi connectivity index (χ4n) is 4.24. The molecule has 0 unspecified atom stereocenters. The van der Waals surface area contributed by atoms with Gasteiger partial charge in [0.2, 0.25) is 11.9 Å². The van der Waals surface area contributed by atoms with Gasteiger partial charge in [-0.2, -0.15) is 4.52 Å². The van der Waals surface area contributed by atoms with Crippen molar-refractivity contribution in [1.82, 2.24) is 24.5 Å². The van der Waals surface area contributed by atoms with Gasteiger partial charge < -0.3 is 15.7 Å². The Bertz CT molecular complexity index is 1150. The Hall–Kier alpha value is -2.88. The van der Waals surface area contributed by atoms with Crippen molar-refractivity contribution in [1.29, 1.82) is 0 Å². The predicted molar refractivity (Wildman–Crippen MR) is 111 cm³/mol. The average Bonchev–Trinajstić information content (AvgIpc) is 3.11. The van der Waals surface area contributed by atoms with Crippen molar-refractivity contribution in [3.63, 3.8) is 0 Å². The molecule has 4 rings (SSSR count). The SMILES string of the molecule is C[C@@H](CCCc1nc2c3cc(F)cc(F)c3nc(N)n2n1)N(C)C(=O)C1CC(C)(O)C1. The van der Waals surface area contributed by atoms with Crippen molar-refractivity contribution in [3.8, 4) is 0 Å². The molecule has 8 nitrogen and oxygen atoms in total. The first-order valence-corrected chi connectivity index (χ1v) is 10.3. The molecule has 1 atom stereocenters. The number of halogens is 2. The number of nitrogen functional groups attached to an aromatic ring is 1. The molecule has 1 fully saturated rings. The normalized spacial score (nSPS) is 21.9. The van der Waals surface area contributed by atoms with Crippen LogP contribution in [0.2, 0.25) is 0 Å². The molecule has 31 heavy (non-hydrogen) atoms. The fourth-order valence-corrected chi connectivity index (χ4v) is 4.24. The van der Waals surface area contributed by atoms with E-state index in [0.29, 0.717) is 31.5 Å². The Morgan fingerprint density at radius 2 is 2.10 bits per heavy atom. The summed E-state index contributed by atoms with van der Waals surface area (Å²) in [6.45, 7) is 3.73. The number of hydrogen-bond acceptors (Lipinski definition) is 6. The molecule has 2 aromatic heterocycles. The second-order valence-corrected chi connectivity index (χ2v) is 8.81. The number of carbonyl (C=O) groups is 1. The maximum Gasteiger partial charge on any atom is 0.225 e. The van der Waals surface area contributed by atoms with Gasteiger partial charge in [0.05, 0.1) is 11.0 Å². The van der Waals surface area contributed by atoms with Gasteiger partial charge in [0, 0.05) is 31.5 Å². The molecule has 0 bridgehead atoms. The summed E-state index contributed by atoms with van der Waals surface area (Å²) in [4.78, 5) is 22.7. The lowest BCUT2D eigenvalue weighted by atomic mass is 9.71. The molecule has 1 amide bonds. The highest BCUT2D eigenvalue weighted by Gasteiger charge is 2.43.